The van der Waals surface area contributed by atoms with Crippen LogP contribution in [0.4, 0.5) is 0 Å². The van der Waals surface area contributed by atoms with Gasteiger partial charge in [0.25, 0.3) is 0 Å². The largest absolute Gasteiger partial charge is 0.299 e. The van der Waals surface area contributed by atoms with Crippen molar-refractivity contribution in [3.63, 3.8) is 0 Å². The average Bonchev–Trinajstić information content (AvgIpc) is 3.43. The molecule has 2 saturated carbocycles. The van der Waals surface area contributed by atoms with Gasteiger partial charge in [-0.25, -0.2) is 0 Å². The monoisotopic (exact) mass is 320 g/mol. The van der Waals surface area contributed by atoms with Crippen molar-refractivity contribution in [3.8, 4) is 0 Å². The number of ketones is 1. The zero-order valence-electron chi connectivity index (χ0n) is 15.7. The molecule has 0 aliphatic heterocycles. The molecule has 2 aliphatic rings. The van der Waals surface area contributed by atoms with Crippen molar-refractivity contribution in [3.05, 3.63) is 0 Å². The van der Waals surface area contributed by atoms with Gasteiger partial charge in [-0.05, 0) is 43.9 Å². The molecule has 0 unspecified atom stereocenters. The summed E-state index contributed by atoms with van der Waals surface area (Å²) in [6, 6.07) is 0. The molecule has 1 nitrogen and oxygen atoms in total. The van der Waals surface area contributed by atoms with Crippen molar-refractivity contribution in [2.24, 2.45) is 17.8 Å². The first-order valence-electron chi connectivity index (χ1n) is 10.9. The van der Waals surface area contributed by atoms with Crippen LogP contribution in [-0.4, -0.2) is 5.78 Å². The molecule has 0 heterocycles. The quantitative estimate of drug-likeness (QED) is 0.278. The van der Waals surface area contributed by atoms with Crippen molar-refractivity contribution in [1.82, 2.24) is 0 Å². The first-order valence-corrected chi connectivity index (χ1v) is 10.9. The molecule has 0 radical (unpaired) electrons. The SMILES string of the molecule is CCCCCCCCCCCCCCC(=O)C(C1CC1)C1CC1. The number of hydrogen-bond acceptors (Lipinski definition) is 1. The van der Waals surface area contributed by atoms with E-state index in [4.69, 9.17) is 0 Å². The van der Waals surface area contributed by atoms with Crippen LogP contribution in [0.2, 0.25) is 0 Å². The molecule has 0 bridgehead atoms. The van der Waals surface area contributed by atoms with E-state index in [-0.39, 0.29) is 0 Å². The molecule has 2 aliphatic carbocycles. The molecule has 23 heavy (non-hydrogen) atoms. The molecule has 1 heteroatoms. The molecule has 0 aromatic rings. The third kappa shape index (κ3) is 8.36. The maximum Gasteiger partial charge on any atom is 0.136 e. The normalized spacial score (nSPS) is 17.8. The smallest absolute Gasteiger partial charge is 0.136 e. The van der Waals surface area contributed by atoms with E-state index >= 15 is 0 Å². The summed E-state index contributed by atoms with van der Waals surface area (Å²) in [7, 11) is 0. The second kappa shape index (κ2) is 11.3. The van der Waals surface area contributed by atoms with Crippen molar-refractivity contribution >= 4 is 5.78 Å². The first-order chi connectivity index (χ1) is 11.3. The summed E-state index contributed by atoms with van der Waals surface area (Å²) in [6.07, 6.45) is 22.8. The van der Waals surface area contributed by atoms with Crippen LogP contribution in [0.25, 0.3) is 0 Å². The van der Waals surface area contributed by atoms with Gasteiger partial charge in [0, 0.05) is 12.3 Å². The Morgan fingerprint density at radius 3 is 1.48 bits per heavy atom. The van der Waals surface area contributed by atoms with Crippen LogP contribution in [0.3, 0.4) is 0 Å². The summed E-state index contributed by atoms with van der Waals surface area (Å²) < 4.78 is 0. The molecule has 0 atom stereocenters. The van der Waals surface area contributed by atoms with Gasteiger partial charge in [0.15, 0.2) is 0 Å². The van der Waals surface area contributed by atoms with Gasteiger partial charge in [0.2, 0.25) is 0 Å². The molecule has 0 N–H and O–H groups in total. The molecule has 0 spiro atoms. The minimum atomic E-state index is 0.489. The summed E-state index contributed by atoms with van der Waals surface area (Å²) in [6.45, 7) is 2.28. The third-order valence-corrected chi connectivity index (χ3v) is 5.91. The zero-order valence-corrected chi connectivity index (χ0v) is 15.7. The van der Waals surface area contributed by atoms with Crippen molar-refractivity contribution in [1.29, 1.82) is 0 Å². The summed E-state index contributed by atoms with van der Waals surface area (Å²) >= 11 is 0. The van der Waals surface area contributed by atoms with E-state index in [0.29, 0.717) is 11.7 Å². The Morgan fingerprint density at radius 2 is 1.09 bits per heavy atom. The van der Waals surface area contributed by atoms with Crippen molar-refractivity contribution in [2.75, 3.05) is 0 Å². The summed E-state index contributed by atoms with van der Waals surface area (Å²) in [5, 5.41) is 0. The Morgan fingerprint density at radius 1 is 0.696 bits per heavy atom. The van der Waals surface area contributed by atoms with Crippen LogP contribution in [0.5, 0.6) is 0 Å². The topological polar surface area (TPSA) is 17.1 Å². The molecule has 2 fully saturated rings. The molecular weight excluding hydrogens is 280 g/mol. The van der Waals surface area contributed by atoms with E-state index in [1.165, 1.54) is 96.3 Å². The maximum atomic E-state index is 12.4. The highest BCUT2D eigenvalue weighted by molar-refractivity contribution is 5.82. The van der Waals surface area contributed by atoms with Crippen LogP contribution in [0.15, 0.2) is 0 Å². The number of unbranched alkanes of at least 4 members (excludes halogenated alkanes) is 11. The molecule has 0 saturated heterocycles. The van der Waals surface area contributed by atoms with E-state index in [9.17, 15) is 4.79 Å². The van der Waals surface area contributed by atoms with Gasteiger partial charge in [-0.15, -0.1) is 0 Å². The molecule has 2 rings (SSSR count). The Hall–Kier alpha value is -0.330. The van der Waals surface area contributed by atoms with E-state index < -0.39 is 0 Å². The number of carbonyl (C=O) groups is 1. The van der Waals surface area contributed by atoms with Gasteiger partial charge in [0.05, 0.1) is 0 Å². The van der Waals surface area contributed by atoms with Gasteiger partial charge in [-0.1, -0.05) is 77.6 Å². The van der Waals surface area contributed by atoms with Crippen LogP contribution < -0.4 is 0 Å². The average molecular weight is 321 g/mol. The third-order valence-electron chi connectivity index (χ3n) is 5.91. The fourth-order valence-electron chi connectivity index (χ4n) is 4.13. The maximum absolute atomic E-state index is 12.4. The highest BCUT2D eigenvalue weighted by Gasteiger charge is 2.44. The van der Waals surface area contributed by atoms with E-state index in [1.54, 1.807) is 0 Å². The number of carbonyl (C=O) groups excluding carboxylic acids is 1. The first kappa shape index (κ1) is 19.0. The highest BCUT2D eigenvalue weighted by Crippen LogP contribution is 2.50. The molecule has 0 amide bonds. The molecular formula is C22H40O. The lowest BCUT2D eigenvalue weighted by molar-refractivity contribution is -0.124. The standard InChI is InChI=1S/C22H40O/c1-2-3-4-5-6-7-8-9-10-11-12-13-14-21(23)22(19-15-16-19)20-17-18-20/h19-20,22H,2-18H2,1H3. The van der Waals surface area contributed by atoms with E-state index in [2.05, 4.69) is 6.92 Å². The Balaban J connectivity index is 1.34. The van der Waals surface area contributed by atoms with Crippen molar-refractivity contribution in [2.45, 2.75) is 116 Å². The summed E-state index contributed by atoms with van der Waals surface area (Å²) in [5.74, 6) is 2.71. The fraction of sp³-hybridized carbons (Fsp3) is 0.955. The fourth-order valence-corrected chi connectivity index (χ4v) is 4.13. The Bertz CT molecular complexity index is 302. The minimum absolute atomic E-state index is 0.489. The number of Topliss-reactive ketones (excluding diaryl/α,β-unsaturated/α-hetero) is 1. The minimum Gasteiger partial charge on any atom is -0.299 e. The zero-order chi connectivity index (χ0) is 16.3. The Labute approximate surface area is 145 Å². The second-order valence-electron chi connectivity index (χ2n) is 8.31. The van der Waals surface area contributed by atoms with Gasteiger partial charge in [-0.3, -0.25) is 4.79 Å². The van der Waals surface area contributed by atoms with Gasteiger partial charge < -0.3 is 0 Å². The lowest BCUT2D eigenvalue weighted by Crippen LogP contribution is -2.18. The van der Waals surface area contributed by atoms with E-state index in [0.717, 1.165) is 24.7 Å². The van der Waals surface area contributed by atoms with Crippen LogP contribution in [0, 0.1) is 17.8 Å². The van der Waals surface area contributed by atoms with Crippen LogP contribution >= 0.6 is 0 Å². The molecule has 134 valence electrons. The van der Waals surface area contributed by atoms with E-state index in [1.807, 2.05) is 0 Å². The molecule has 0 aromatic carbocycles. The lowest BCUT2D eigenvalue weighted by atomic mass is 9.90. The number of hydrogen-bond donors (Lipinski definition) is 0. The molecule has 0 aromatic heterocycles. The Kier molecular flexibility index (Phi) is 9.31. The highest BCUT2D eigenvalue weighted by atomic mass is 16.1. The lowest BCUT2D eigenvalue weighted by Gasteiger charge is -2.13. The summed E-state index contributed by atoms with van der Waals surface area (Å²) in [4.78, 5) is 12.4. The van der Waals surface area contributed by atoms with Gasteiger partial charge in [0.1, 0.15) is 5.78 Å². The predicted molar refractivity (Wildman–Crippen MR) is 99.6 cm³/mol. The van der Waals surface area contributed by atoms with Crippen LogP contribution in [-0.2, 0) is 4.79 Å². The second-order valence-corrected chi connectivity index (χ2v) is 8.31. The van der Waals surface area contributed by atoms with Crippen LogP contribution in [0.1, 0.15) is 116 Å². The predicted octanol–water partition coefficient (Wildman–Crippen LogP) is 7.08. The summed E-state index contributed by atoms with van der Waals surface area (Å²) in [5.41, 5.74) is 0. The number of rotatable bonds is 16. The van der Waals surface area contributed by atoms with Crippen molar-refractivity contribution < 1.29 is 4.79 Å². The van der Waals surface area contributed by atoms with Gasteiger partial charge in [-0.2, -0.15) is 0 Å². The van der Waals surface area contributed by atoms with Gasteiger partial charge >= 0.3 is 0 Å².